The van der Waals surface area contributed by atoms with Crippen molar-refractivity contribution < 1.29 is 4.74 Å². The van der Waals surface area contributed by atoms with Gasteiger partial charge in [-0.05, 0) is 31.1 Å². The van der Waals surface area contributed by atoms with E-state index in [0.717, 1.165) is 18.9 Å². The summed E-state index contributed by atoms with van der Waals surface area (Å²) in [7, 11) is 5.35. The summed E-state index contributed by atoms with van der Waals surface area (Å²) in [5.74, 6) is 0.762. The number of hydrogen-bond donors (Lipinski definition) is 0. The van der Waals surface area contributed by atoms with Gasteiger partial charge in [0, 0.05) is 12.0 Å². The SMILES string of the molecule is [B]CCOCC1(C)C[C@H]1C[C@H](C)Cl. The van der Waals surface area contributed by atoms with Crippen molar-refractivity contribution in [1.29, 1.82) is 0 Å². The summed E-state index contributed by atoms with van der Waals surface area (Å²) in [6.07, 6.45) is 2.99. The van der Waals surface area contributed by atoms with Gasteiger partial charge in [-0.3, -0.25) is 0 Å². The van der Waals surface area contributed by atoms with Gasteiger partial charge in [0.1, 0.15) is 0 Å². The van der Waals surface area contributed by atoms with Crippen LogP contribution in [0.15, 0.2) is 0 Å². The molecule has 3 heteroatoms. The molecule has 0 amide bonds. The summed E-state index contributed by atoms with van der Waals surface area (Å²) in [5, 5.41) is 0.293. The van der Waals surface area contributed by atoms with Gasteiger partial charge in [-0.2, -0.15) is 0 Å². The molecule has 0 spiro atoms. The zero-order chi connectivity index (χ0) is 9.90. The average molecular weight is 201 g/mol. The third-order valence-corrected chi connectivity index (χ3v) is 3.02. The molecule has 3 atom stereocenters. The standard InChI is InChI=1S/C10H18BClO/c1-8(12)5-9-6-10(9,2)7-13-4-3-11/h8-9H,3-7H2,1-2H3/t8-,9+,10?/m0/s1. The molecule has 0 heterocycles. The Hall–Kier alpha value is 0.315. The summed E-state index contributed by atoms with van der Waals surface area (Å²) in [6.45, 7) is 5.85. The van der Waals surface area contributed by atoms with Crippen molar-refractivity contribution in [2.24, 2.45) is 11.3 Å². The predicted molar refractivity (Wildman–Crippen MR) is 57.5 cm³/mol. The van der Waals surface area contributed by atoms with E-state index in [1.165, 1.54) is 6.42 Å². The molecule has 0 bridgehead atoms. The molecule has 1 nitrogen and oxygen atoms in total. The van der Waals surface area contributed by atoms with Gasteiger partial charge in [-0.1, -0.05) is 13.2 Å². The van der Waals surface area contributed by atoms with E-state index >= 15 is 0 Å². The number of hydrogen-bond acceptors (Lipinski definition) is 1. The first-order valence-electron chi connectivity index (χ1n) is 5.00. The van der Waals surface area contributed by atoms with E-state index < -0.39 is 0 Å². The molecule has 74 valence electrons. The molecule has 1 fully saturated rings. The van der Waals surface area contributed by atoms with Crippen LogP contribution in [-0.2, 0) is 4.74 Å². The van der Waals surface area contributed by atoms with E-state index in [1.807, 2.05) is 0 Å². The lowest BCUT2D eigenvalue weighted by Gasteiger charge is -2.12. The Kier molecular flexibility index (Phi) is 4.12. The lowest BCUT2D eigenvalue weighted by atomic mass is 10.0. The fourth-order valence-corrected chi connectivity index (χ4v) is 2.04. The molecule has 0 N–H and O–H groups in total. The van der Waals surface area contributed by atoms with Crippen LogP contribution in [0.1, 0.15) is 26.7 Å². The van der Waals surface area contributed by atoms with Gasteiger partial charge in [0.05, 0.1) is 14.5 Å². The number of alkyl halides is 1. The van der Waals surface area contributed by atoms with Crippen LogP contribution in [0.2, 0.25) is 6.32 Å². The molecule has 1 aliphatic rings. The summed E-state index contributed by atoms with van der Waals surface area (Å²) in [5.41, 5.74) is 0.387. The molecule has 2 radical (unpaired) electrons. The summed E-state index contributed by atoms with van der Waals surface area (Å²) >= 11 is 5.94. The highest BCUT2D eigenvalue weighted by Crippen LogP contribution is 2.55. The molecule has 1 aliphatic carbocycles. The average Bonchev–Trinajstić information content (AvgIpc) is 2.61. The predicted octanol–water partition coefficient (Wildman–Crippen LogP) is 2.63. The quantitative estimate of drug-likeness (QED) is 0.364. The van der Waals surface area contributed by atoms with Crippen LogP contribution >= 0.6 is 11.6 Å². The second-order valence-electron chi connectivity index (χ2n) is 4.41. The van der Waals surface area contributed by atoms with Gasteiger partial charge >= 0.3 is 0 Å². The third-order valence-electron chi connectivity index (χ3n) is 2.84. The Bertz CT molecular complexity index is 163. The van der Waals surface area contributed by atoms with E-state index in [2.05, 4.69) is 13.8 Å². The molecule has 13 heavy (non-hydrogen) atoms. The lowest BCUT2D eigenvalue weighted by Crippen LogP contribution is -2.11. The molecular weight excluding hydrogens is 182 g/mol. The van der Waals surface area contributed by atoms with Crippen molar-refractivity contribution >= 4 is 19.4 Å². The van der Waals surface area contributed by atoms with E-state index in [-0.39, 0.29) is 0 Å². The molecule has 0 aromatic rings. The van der Waals surface area contributed by atoms with Crippen LogP contribution in [0.4, 0.5) is 0 Å². The summed E-state index contributed by atoms with van der Waals surface area (Å²) < 4.78 is 5.45. The molecule has 1 unspecified atom stereocenters. The van der Waals surface area contributed by atoms with Crippen LogP contribution < -0.4 is 0 Å². The van der Waals surface area contributed by atoms with Crippen molar-refractivity contribution in [3.63, 3.8) is 0 Å². The molecule has 0 saturated heterocycles. The van der Waals surface area contributed by atoms with Crippen LogP contribution in [0, 0.1) is 11.3 Å². The molecule has 0 aliphatic heterocycles. The smallest absolute Gasteiger partial charge is 0.0684 e. The first kappa shape index (κ1) is 11.4. The first-order valence-corrected chi connectivity index (χ1v) is 5.44. The maximum absolute atomic E-state index is 5.94. The van der Waals surface area contributed by atoms with Crippen LogP contribution in [-0.4, -0.2) is 26.4 Å². The Morgan fingerprint density at radius 1 is 1.69 bits per heavy atom. The Balaban J connectivity index is 2.13. The minimum atomic E-state index is 0.293. The molecular formula is C10H18BClO. The Morgan fingerprint density at radius 2 is 2.38 bits per heavy atom. The molecule has 1 saturated carbocycles. The second-order valence-corrected chi connectivity index (χ2v) is 5.16. The highest BCUT2D eigenvalue weighted by atomic mass is 35.5. The first-order chi connectivity index (χ1) is 6.08. The Morgan fingerprint density at radius 3 is 2.92 bits per heavy atom. The third kappa shape index (κ3) is 3.51. The van der Waals surface area contributed by atoms with Crippen molar-refractivity contribution in [3.05, 3.63) is 0 Å². The normalized spacial score (nSPS) is 34.5. The number of rotatable bonds is 6. The minimum absolute atomic E-state index is 0.293. The van der Waals surface area contributed by atoms with Gasteiger partial charge in [-0.25, -0.2) is 0 Å². The fraction of sp³-hybridized carbons (Fsp3) is 1.00. The minimum Gasteiger partial charge on any atom is -0.382 e. The fourth-order valence-electron chi connectivity index (χ4n) is 1.83. The maximum Gasteiger partial charge on any atom is 0.0684 e. The Labute approximate surface area is 87.6 Å². The zero-order valence-electron chi connectivity index (χ0n) is 8.55. The van der Waals surface area contributed by atoms with E-state index in [9.17, 15) is 0 Å². The maximum atomic E-state index is 5.94. The van der Waals surface area contributed by atoms with Gasteiger partial charge < -0.3 is 4.74 Å². The molecule has 1 rings (SSSR count). The summed E-state index contributed by atoms with van der Waals surface area (Å²) in [6, 6.07) is 0. The van der Waals surface area contributed by atoms with Crippen LogP contribution in [0.3, 0.4) is 0 Å². The van der Waals surface area contributed by atoms with Crippen molar-refractivity contribution in [2.45, 2.75) is 38.4 Å². The van der Waals surface area contributed by atoms with Crippen LogP contribution in [0.25, 0.3) is 0 Å². The van der Waals surface area contributed by atoms with Crippen molar-refractivity contribution in [1.82, 2.24) is 0 Å². The van der Waals surface area contributed by atoms with E-state index in [4.69, 9.17) is 24.2 Å². The molecule has 0 aromatic carbocycles. The largest absolute Gasteiger partial charge is 0.382 e. The number of halogens is 1. The topological polar surface area (TPSA) is 9.23 Å². The van der Waals surface area contributed by atoms with Gasteiger partial charge in [0.2, 0.25) is 0 Å². The van der Waals surface area contributed by atoms with Gasteiger partial charge in [0.15, 0.2) is 0 Å². The highest BCUT2D eigenvalue weighted by Gasteiger charge is 2.49. The number of ether oxygens (including phenoxy) is 1. The van der Waals surface area contributed by atoms with Crippen LogP contribution in [0.5, 0.6) is 0 Å². The van der Waals surface area contributed by atoms with Gasteiger partial charge in [0.25, 0.3) is 0 Å². The molecule has 0 aromatic heterocycles. The highest BCUT2D eigenvalue weighted by molar-refractivity contribution is 6.20. The zero-order valence-corrected chi connectivity index (χ0v) is 9.31. The van der Waals surface area contributed by atoms with E-state index in [1.54, 1.807) is 0 Å². The monoisotopic (exact) mass is 200 g/mol. The lowest BCUT2D eigenvalue weighted by molar-refractivity contribution is 0.101. The summed E-state index contributed by atoms with van der Waals surface area (Å²) in [4.78, 5) is 0. The van der Waals surface area contributed by atoms with Crippen molar-refractivity contribution in [3.8, 4) is 0 Å². The van der Waals surface area contributed by atoms with Crippen molar-refractivity contribution in [2.75, 3.05) is 13.2 Å². The van der Waals surface area contributed by atoms with Gasteiger partial charge in [-0.15, -0.1) is 11.6 Å². The van der Waals surface area contributed by atoms with E-state index in [0.29, 0.717) is 23.7 Å². The second kappa shape index (κ2) is 4.70.